The molecule has 2 fully saturated rings. The second-order valence-electron chi connectivity index (χ2n) is 14.1. The second kappa shape index (κ2) is 9.97. The molecule has 41 heavy (non-hydrogen) atoms. The maximum Gasteiger partial charge on any atom is 0.306 e. The smallest absolute Gasteiger partial charge is 0.306 e. The van der Waals surface area contributed by atoms with Gasteiger partial charge in [0.1, 0.15) is 5.78 Å². The van der Waals surface area contributed by atoms with Crippen molar-refractivity contribution in [1.82, 2.24) is 0 Å². The number of carboxylic acids is 1. The Morgan fingerprint density at radius 2 is 1.68 bits per heavy atom. The summed E-state index contributed by atoms with van der Waals surface area (Å²) in [5.41, 5.74) is -2.83. The highest BCUT2D eigenvalue weighted by Gasteiger charge is 2.74. The third kappa shape index (κ3) is 4.29. The number of ketones is 3. The van der Waals surface area contributed by atoms with Crippen molar-refractivity contribution in [3.8, 4) is 0 Å². The van der Waals surface area contributed by atoms with Crippen LogP contribution in [-0.4, -0.2) is 62.9 Å². The van der Waals surface area contributed by atoms with Crippen LogP contribution in [0.3, 0.4) is 0 Å². The number of esters is 1. The molecule has 0 saturated heterocycles. The Balaban J connectivity index is 1.93. The first-order valence-electron chi connectivity index (χ1n) is 14.6. The highest BCUT2D eigenvalue weighted by atomic mass is 16.5. The number of carbonyl (C=O) groups is 5. The van der Waals surface area contributed by atoms with Crippen molar-refractivity contribution in [1.29, 1.82) is 0 Å². The third-order valence-electron chi connectivity index (χ3n) is 11.6. The van der Waals surface area contributed by atoms with Gasteiger partial charge in [-0.15, -0.1) is 0 Å². The van der Waals surface area contributed by atoms with E-state index < -0.39 is 75.3 Å². The zero-order chi connectivity index (χ0) is 31.0. The topological polar surface area (TPSA) is 155 Å². The van der Waals surface area contributed by atoms with E-state index in [0.717, 1.165) is 0 Å². The summed E-state index contributed by atoms with van der Waals surface area (Å²) >= 11 is 0. The predicted octanol–water partition coefficient (Wildman–Crippen LogP) is 3.59. The number of aliphatic hydroxyl groups excluding tert-OH is 2. The second-order valence-corrected chi connectivity index (χ2v) is 14.1. The first-order valence-corrected chi connectivity index (χ1v) is 14.6. The van der Waals surface area contributed by atoms with Crippen molar-refractivity contribution < 1.29 is 44.0 Å². The van der Waals surface area contributed by atoms with Crippen LogP contribution in [0.5, 0.6) is 0 Å². The van der Waals surface area contributed by atoms with E-state index in [2.05, 4.69) is 0 Å². The summed E-state index contributed by atoms with van der Waals surface area (Å²) in [4.78, 5) is 65.3. The minimum Gasteiger partial charge on any atom is -0.481 e. The molecule has 2 saturated carbocycles. The zero-order valence-corrected chi connectivity index (χ0v) is 25.4. The SMILES string of the molecule is CC(=O)O[C@@H]1C(=O)C2=C([C@@H](O)C[C@H]3C(C)(C)[C@@H](O)CC[C@]23C)[C@]2(C)C(=O)C[C@H](/C(C)=C/C(=O)CC(C)C(=O)O)[C@@]12C. The molecule has 0 spiro atoms. The molecule has 0 aliphatic heterocycles. The molecule has 0 aromatic carbocycles. The maximum atomic E-state index is 14.6. The molecule has 4 aliphatic rings. The molecule has 4 rings (SSSR count). The number of ether oxygens (including phenoxy) is 1. The maximum absolute atomic E-state index is 14.6. The lowest BCUT2D eigenvalue weighted by atomic mass is 9.42. The van der Waals surface area contributed by atoms with Crippen LogP contribution in [0.15, 0.2) is 22.8 Å². The quantitative estimate of drug-likeness (QED) is 0.320. The van der Waals surface area contributed by atoms with Gasteiger partial charge in [0.25, 0.3) is 0 Å². The van der Waals surface area contributed by atoms with Gasteiger partial charge in [0.15, 0.2) is 11.9 Å². The summed E-state index contributed by atoms with van der Waals surface area (Å²) < 4.78 is 5.80. The fraction of sp³-hybridized carbons (Fsp3) is 0.719. The molecule has 0 radical (unpaired) electrons. The van der Waals surface area contributed by atoms with E-state index in [1.165, 1.54) is 19.9 Å². The van der Waals surface area contributed by atoms with E-state index in [4.69, 9.17) is 4.74 Å². The van der Waals surface area contributed by atoms with Crippen LogP contribution in [0.1, 0.15) is 87.5 Å². The van der Waals surface area contributed by atoms with E-state index in [9.17, 15) is 39.3 Å². The Hall–Kier alpha value is -2.65. The molecule has 4 aliphatic carbocycles. The lowest BCUT2D eigenvalue weighted by molar-refractivity contribution is -0.175. The first kappa shape index (κ1) is 31.3. The van der Waals surface area contributed by atoms with Crippen LogP contribution in [0.25, 0.3) is 0 Å². The average molecular weight is 573 g/mol. The Bertz CT molecular complexity index is 1270. The van der Waals surface area contributed by atoms with Crippen LogP contribution >= 0.6 is 0 Å². The van der Waals surface area contributed by atoms with E-state index in [-0.39, 0.29) is 31.0 Å². The van der Waals surface area contributed by atoms with Gasteiger partial charge in [-0.25, -0.2) is 0 Å². The summed E-state index contributed by atoms with van der Waals surface area (Å²) in [7, 11) is 0. The predicted molar refractivity (Wildman–Crippen MR) is 148 cm³/mol. The Labute approximate surface area is 241 Å². The molecular formula is C32H44O9. The third-order valence-corrected chi connectivity index (χ3v) is 11.6. The van der Waals surface area contributed by atoms with Gasteiger partial charge in [-0.1, -0.05) is 40.2 Å². The summed E-state index contributed by atoms with van der Waals surface area (Å²) in [6.07, 6.45) is -0.793. The Morgan fingerprint density at radius 3 is 2.24 bits per heavy atom. The number of hydrogen-bond donors (Lipinski definition) is 3. The molecule has 0 heterocycles. The Morgan fingerprint density at radius 1 is 1.07 bits per heavy atom. The fourth-order valence-electron chi connectivity index (χ4n) is 9.03. The highest BCUT2D eigenvalue weighted by Crippen LogP contribution is 2.71. The first-order chi connectivity index (χ1) is 18.8. The molecule has 0 amide bonds. The van der Waals surface area contributed by atoms with Gasteiger partial charge in [-0.3, -0.25) is 24.0 Å². The zero-order valence-electron chi connectivity index (χ0n) is 25.4. The van der Waals surface area contributed by atoms with Gasteiger partial charge in [0.2, 0.25) is 5.78 Å². The molecule has 226 valence electrons. The number of aliphatic hydroxyl groups is 2. The number of carbonyl (C=O) groups excluding carboxylic acids is 4. The van der Waals surface area contributed by atoms with Crippen LogP contribution in [0.2, 0.25) is 0 Å². The van der Waals surface area contributed by atoms with Crippen LogP contribution in [0.4, 0.5) is 0 Å². The molecule has 0 aromatic rings. The van der Waals surface area contributed by atoms with Crippen LogP contribution in [-0.2, 0) is 28.7 Å². The lowest BCUT2D eigenvalue weighted by Gasteiger charge is -2.62. The van der Waals surface area contributed by atoms with Crippen molar-refractivity contribution in [2.24, 2.45) is 39.4 Å². The number of allylic oxidation sites excluding steroid dienone is 2. The summed E-state index contributed by atoms with van der Waals surface area (Å²) in [5.74, 6) is -4.66. The molecule has 0 aromatic heterocycles. The van der Waals surface area contributed by atoms with E-state index >= 15 is 0 Å². The normalized spacial score (nSPS) is 40.8. The number of aliphatic carboxylic acids is 1. The lowest BCUT2D eigenvalue weighted by Crippen LogP contribution is -2.65. The molecular weight excluding hydrogens is 528 g/mol. The van der Waals surface area contributed by atoms with E-state index in [1.54, 1.807) is 20.8 Å². The van der Waals surface area contributed by atoms with Gasteiger partial charge in [0.05, 0.1) is 23.5 Å². The van der Waals surface area contributed by atoms with Crippen LogP contribution < -0.4 is 0 Å². The summed E-state index contributed by atoms with van der Waals surface area (Å²) in [6.45, 7) is 13.6. The number of fused-ring (bicyclic) bond motifs is 4. The van der Waals surface area contributed by atoms with Crippen molar-refractivity contribution in [2.45, 2.75) is 106 Å². The molecule has 9 nitrogen and oxygen atoms in total. The van der Waals surface area contributed by atoms with E-state index in [0.29, 0.717) is 29.6 Å². The van der Waals surface area contributed by atoms with Crippen molar-refractivity contribution in [3.63, 3.8) is 0 Å². The molecule has 1 unspecified atom stereocenters. The average Bonchev–Trinajstić information content (AvgIpc) is 3.07. The number of carboxylic acid groups (broad SMARTS) is 1. The van der Waals surface area contributed by atoms with Gasteiger partial charge in [-0.05, 0) is 67.4 Å². The number of rotatable bonds is 6. The largest absolute Gasteiger partial charge is 0.481 e. The molecule has 9 atom stereocenters. The minimum atomic E-state index is -1.37. The minimum absolute atomic E-state index is 0.0318. The fourth-order valence-corrected chi connectivity index (χ4v) is 9.03. The van der Waals surface area contributed by atoms with Crippen molar-refractivity contribution in [3.05, 3.63) is 22.8 Å². The molecule has 0 bridgehead atoms. The van der Waals surface area contributed by atoms with Gasteiger partial charge >= 0.3 is 11.9 Å². The van der Waals surface area contributed by atoms with Gasteiger partial charge < -0.3 is 20.1 Å². The van der Waals surface area contributed by atoms with E-state index in [1.807, 2.05) is 20.8 Å². The monoisotopic (exact) mass is 572 g/mol. The number of hydrogen-bond acceptors (Lipinski definition) is 8. The summed E-state index contributed by atoms with van der Waals surface area (Å²) in [5, 5.41) is 31.9. The van der Waals surface area contributed by atoms with Gasteiger partial charge in [-0.2, -0.15) is 0 Å². The number of Topliss-reactive ketones (excluding diaryl/α,β-unsaturated/α-hetero) is 2. The standard InChI is InChI=1S/C32H44O9/c1-15(11-18(34)12-16(2)28(39)40)19-13-23(37)32(8)24-20(35)14-21-29(4,5)22(36)9-10-30(21,6)25(24)26(38)27(31(19,32)7)41-17(3)33/h11,16,19-22,27,35-36H,9-10,12-14H2,1-8H3,(H,39,40)/b15-11+/t16?,19-,20+,21+,22+,27-,30+,31+,32+/m1/s1. The van der Waals surface area contributed by atoms with Crippen molar-refractivity contribution in [2.75, 3.05) is 0 Å². The molecule has 9 heteroatoms. The van der Waals surface area contributed by atoms with Crippen LogP contribution in [0, 0.1) is 39.4 Å². The highest BCUT2D eigenvalue weighted by molar-refractivity contribution is 6.08. The summed E-state index contributed by atoms with van der Waals surface area (Å²) in [6, 6.07) is 0. The van der Waals surface area contributed by atoms with Gasteiger partial charge in [0, 0.05) is 30.8 Å². The van der Waals surface area contributed by atoms with Crippen molar-refractivity contribution >= 4 is 29.3 Å². The molecule has 3 N–H and O–H groups in total. The Kier molecular flexibility index (Phi) is 7.61.